The minimum atomic E-state index is -3.52. The van der Waals surface area contributed by atoms with E-state index in [-0.39, 0.29) is 0 Å². The van der Waals surface area contributed by atoms with Gasteiger partial charge in [0.15, 0.2) is 0 Å². The van der Waals surface area contributed by atoms with E-state index < -0.39 is 22.2 Å². The minimum absolute atomic E-state index is 0.412. The molecule has 6 heteroatoms. The van der Waals surface area contributed by atoms with Crippen molar-refractivity contribution >= 4 is 16.1 Å². The summed E-state index contributed by atoms with van der Waals surface area (Å²) in [4.78, 5) is 0. The highest BCUT2D eigenvalue weighted by Gasteiger charge is 2.33. The monoisotopic (exact) mass is 282 g/mol. The highest BCUT2D eigenvalue weighted by molar-refractivity contribution is 7.92. The molecular formula is C13H18N2O3S. The molecule has 2 N–H and O–H groups in total. The number of aliphatic hydroxyl groups excluding tert-OH is 1. The summed E-state index contributed by atoms with van der Waals surface area (Å²) in [5, 5.41) is 13.9. The van der Waals surface area contributed by atoms with Crippen LogP contribution in [-0.2, 0) is 10.0 Å². The van der Waals surface area contributed by atoms with E-state index in [1.807, 2.05) is 30.3 Å². The van der Waals surface area contributed by atoms with Gasteiger partial charge in [0.2, 0.25) is 10.0 Å². The van der Waals surface area contributed by atoms with Crippen molar-refractivity contribution in [3.63, 3.8) is 0 Å². The van der Waals surface area contributed by atoms with Crippen molar-refractivity contribution in [2.45, 2.75) is 12.1 Å². The van der Waals surface area contributed by atoms with Gasteiger partial charge in [-0.2, -0.15) is 4.31 Å². The van der Waals surface area contributed by atoms with Gasteiger partial charge in [-0.3, -0.25) is 0 Å². The van der Waals surface area contributed by atoms with E-state index in [4.69, 9.17) is 0 Å². The number of sulfonamides is 1. The van der Waals surface area contributed by atoms with Gasteiger partial charge in [-0.1, -0.05) is 30.3 Å². The van der Waals surface area contributed by atoms with Crippen LogP contribution in [0, 0.1) is 0 Å². The molecule has 0 aromatic heterocycles. The number of nitrogens with zero attached hydrogens (tertiary/aromatic N) is 1. The fourth-order valence-corrected chi connectivity index (χ4v) is 3.15. The summed E-state index contributed by atoms with van der Waals surface area (Å²) in [6.07, 6.45) is 0.894. The van der Waals surface area contributed by atoms with E-state index in [9.17, 15) is 13.5 Å². The van der Waals surface area contributed by atoms with Crippen molar-refractivity contribution in [2.24, 2.45) is 0 Å². The predicted molar refractivity (Wildman–Crippen MR) is 74.8 cm³/mol. The Kier molecular flexibility index (Phi) is 4.36. The van der Waals surface area contributed by atoms with Crippen molar-refractivity contribution in [3.8, 4) is 0 Å². The second-order valence-corrected chi connectivity index (χ2v) is 6.45. The lowest BCUT2D eigenvalue weighted by atomic mass is 10.2. The number of hydrogen-bond acceptors (Lipinski definition) is 4. The Morgan fingerprint density at radius 3 is 2.58 bits per heavy atom. The van der Waals surface area contributed by atoms with Gasteiger partial charge in [-0.25, -0.2) is 8.42 Å². The zero-order valence-corrected chi connectivity index (χ0v) is 11.5. The molecule has 1 heterocycles. The van der Waals surface area contributed by atoms with Gasteiger partial charge in [0.1, 0.15) is 0 Å². The first-order chi connectivity index (χ1) is 9.00. The Morgan fingerprint density at radius 2 is 2.00 bits per heavy atom. The molecule has 1 aliphatic heterocycles. The second-order valence-electron chi connectivity index (χ2n) is 4.57. The van der Waals surface area contributed by atoms with Crippen molar-refractivity contribution in [1.82, 2.24) is 9.62 Å². The summed E-state index contributed by atoms with van der Waals surface area (Å²) in [5.41, 5.74) is 0.824. The first-order valence-electron chi connectivity index (χ1n) is 6.10. The van der Waals surface area contributed by atoms with Gasteiger partial charge < -0.3 is 10.4 Å². The quantitative estimate of drug-likeness (QED) is 0.830. The van der Waals surface area contributed by atoms with Gasteiger partial charge in [0.25, 0.3) is 0 Å². The van der Waals surface area contributed by atoms with Crippen LogP contribution in [0.15, 0.2) is 35.7 Å². The molecule has 1 saturated heterocycles. The second kappa shape index (κ2) is 5.83. The third-order valence-electron chi connectivity index (χ3n) is 3.25. The first kappa shape index (κ1) is 14.2. The van der Waals surface area contributed by atoms with Gasteiger partial charge in [0.05, 0.1) is 12.1 Å². The van der Waals surface area contributed by atoms with Crippen LogP contribution >= 0.6 is 0 Å². The Bertz CT molecular complexity index is 542. The third-order valence-corrected chi connectivity index (χ3v) is 4.81. The van der Waals surface area contributed by atoms with Crippen molar-refractivity contribution in [2.75, 3.05) is 20.1 Å². The average Bonchev–Trinajstić information content (AvgIpc) is 2.83. The SMILES string of the molecule is CN([C@H]1CNC[C@@H]1O)S(=O)(=O)/C=C/c1ccccc1. The molecule has 1 aliphatic rings. The molecule has 1 fully saturated rings. The molecule has 0 spiro atoms. The minimum Gasteiger partial charge on any atom is -0.390 e. The molecule has 1 aromatic rings. The van der Waals surface area contributed by atoms with E-state index in [2.05, 4.69) is 5.32 Å². The van der Waals surface area contributed by atoms with E-state index in [0.29, 0.717) is 13.1 Å². The lowest BCUT2D eigenvalue weighted by Crippen LogP contribution is -2.43. The van der Waals surface area contributed by atoms with E-state index >= 15 is 0 Å². The molecule has 0 radical (unpaired) electrons. The summed E-state index contributed by atoms with van der Waals surface area (Å²) >= 11 is 0. The molecule has 5 nitrogen and oxygen atoms in total. The van der Waals surface area contributed by atoms with Gasteiger partial charge in [-0.15, -0.1) is 0 Å². The van der Waals surface area contributed by atoms with Gasteiger partial charge in [-0.05, 0) is 11.6 Å². The Morgan fingerprint density at radius 1 is 1.32 bits per heavy atom. The zero-order valence-electron chi connectivity index (χ0n) is 10.7. The fourth-order valence-electron chi connectivity index (χ4n) is 2.04. The van der Waals surface area contributed by atoms with Crippen LogP contribution in [0.25, 0.3) is 6.08 Å². The van der Waals surface area contributed by atoms with Crippen LogP contribution in [-0.4, -0.2) is 50.1 Å². The predicted octanol–water partition coefficient (Wildman–Crippen LogP) is 0.252. The summed E-state index contributed by atoms with van der Waals surface area (Å²) in [5.74, 6) is 0. The Labute approximate surface area is 113 Å². The maximum Gasteiger partial charge on any atom is 0.236 e. The fraction of sp³-hybridized carbons (Fsp3) is 0.385. The molecule has 19 heavy (non-hydrogen) atoms. The number of likely N-dealkylation sites (N-methyl/N-ethyl adjacent to an activating group) is 1. The summed E-state index contributed by atoms with van der Waals surface area (Å²) in [6, 6.07) is 8.82. The smallest absolute Gasteiger partial charge is 0.236 e. The van der Waals surface area contributed by atoms with Crippen LogP contribution in [0.5, 0.6) is 0 Å². The van der Waals surface area contributed by atoms with E-state index in [1.165, 1.54) is 16.8 Å². The normalized spacial score (nSPS) is 24.4. The molecule has 0 amide bonds. The molecule has 0 aliphatic carbocycles. The summed E-state index contributed by atoms with van der Waals surface area (Å²) in [6.45, 7) is 0.892. The molecule has 2 atom stereocenters. The molecule has 0 bridgehead atoms. The third kappa shape index (κ3) is 3.42. The van der Waals surface area contributed by atoms with E-state index in [1.54, 1.807) is 6.08 Å². The summed E-state index contributed by atoms with van der Waals surface area (Å²) in [7, 11) is -2.03. The maximum atomic E-state index is 12.1. The topological polar surface area (TPSA) is 69.6 Å². The van der Waals surface area contributed by atoms with Crippen LogP contribution in [0.2, 0.25) is 0 Å². The maximum absolute atomic E-state index is 12.1. The number of aliphatic hydroxyl groups is 1. The lowest BCUT2D eigenvalue weighted by Gasteiger charge is -2.24. The molecule has 0 saturated carbocycles. The van der Waals surface area contributed by atoms with Gasteiger partial charge >= 0.3 is 0 Å². The molecule has 0 unspecified atom stereocenters. The molecule has 104 valence electrons. The lowest BCUT2D eigenvalue weighted by molar-refractivity contribution is 0.137. The summed E-state index contributed by atoms with van der Waals surface area (Å²) < 4.78 is 25.5. The largest absolute Gasteiger partial charge is 0.390 e. The highest BCUT2D eigenvalue weighted by atomic mass is 32.2. The number of β-amino-alcohol motifs (C(OH)–C–C–N with tert-alkyl or cyclic N) is 1. The zero-order chi connectivity index (χ0) is 13.9. The number of nitrogens with one attached hydrogen (secondary N) is 1. The van der Waals surface area contributed by atoms with Crippen LogP contribution in [0.1, 0.15) is 5.56 Å². The number of hydrogen-bond donors (Lipinski definition) is 2. The van der Waals surface area contributed by atoms with E-state index in [0.717, 1.165) is 5.56 Å². The van der Waals surface area contributed by atoms with Crippen molar-refractivity contribution in [1.29, 1.82) is 0 Å². The number of benzene rings is 1. The molecular weight excluding hydrogens is 264 g/mol. The Balaban J connectivity index is 2.12. The molecule has 1 aromatic carbocycles. The van der Waals surface area contributed by atoms with Gasteiger partial charge in [0, 0.05) is 25.5 Å². The van der Waals surface area contributed by atoms with Crippen LogP contribution < -0.4 is 5.32 Å². The number of rotatable bonds is 4. The van der Waals surface area contributed by atoms with Crippen LogP contribution in [0.4, 0.5) is 0 Å². The Hall–Kier alpha value is -1.21. The highest BCUT2D eigenvalue weighted by Crippen LogP contribution is 2.14. The average molecular weight is 282 g/mol. The van der Waals surface area contributed by atoms with Crippen LogP contribution in [0.3, 0.4) is 0 Å². The molecule has 2 rings (SSSR count). The van der Waals surface area contributed by atoms with Crippen molar-refractivity contribution < 1.29 is 13.5 Å². The standard InChI is InChI=1S/C13H18N2O3S/c1-15(12-9-14-10-13(12)16)19(17,18)8-7-11-5-3-2-4-6-11/h2-8,12-14,16H,9-10H2,1H3/b8-7+/t12-,13-/m0/s1. The first-order valence-corrected chi connectivity index (χ1v) is 7.61. The van der Waals surface area contributed by atoms with Crippen molar-refractivity contribution in [3.05, 3.63) is 41.3 Å².